The van der Waals surface area contributed by atoms with E-state index in [1.165, 1.54) is 0 Å². The van der Waals surface area contributed by atoms with Crippen molar-refractivity contribution in [2.45, 2.75) is 0 Å². The number of benzene rings is 3. The van der Waals surface area contributed by atoms with E-state index in [1.807, 2.05) is 54.6 Å². The van der Waals surface area contributed by atoms with Gasteiger partial charge in [0, 0.05) is 15.6 Å². The molecule has 6 heteroatoms. The van der Waals surface area contributed by atoms with Gasteiger partial charge in [0.25, 0.3) is 0 Å². The molecule has 27 heavy (non-hydrogen) atoms. The van der Waals surface area contributed by atoms with Gasteiger partial charge in [-0.25, -0.2) is 9.79 Å². The van der Waals surface area contributed by atoms with Crippen LogP contribution in [0.5, 0.6) is 5.75 Å². The minimum Gasteiger partial charge on any atom is -0.495 e. The van der Waals surface area contributed by atoms with Gasteiger partial charge in [-0.1, -0.05) is 46.3 Å². The number of ether oxygens (including phenoxy) is 2. The number of aliphatic imine (C=N–C) groups is 1. The highest BCUT2D eigenvalue weighted by Crippen LogP contribution is 2.35. The molecule has 1 aliphatic heterocycles. The number of carbonyl (C=O) groups is 1. The number of carbonyl (C=O) groups excluding carboxylic acids is 1. The van der Waals surface area contributed by atoms with Gasteiger partial charge in [-0.05, 0) is 57.0 Å². The Bertz CT molecular complexity index is 1140. The second-order valence-electron chi connectivity index (χ2n) is 5.91. The maximum absolute atomic E-state index is 12.3. The first-order valence-electron chi connectivity index (χ1n) is 8.10. The molecule has 0 aliphatic carbocycles. The summed E-state index contributed by atoms with van der Waals surface area (Å²) < 4.78 is 12.4. The normalized spacial score (nSPS) is 15.1. The molecular weight excluding hydrogens is 474 g/mol. The Balaban J connectivity index is 1.76. The molecule has 0 atom stereocenters. The van der Waals surface area contributed by atoms with E-state index in [2.05, 4.69) is 36.9 Å². The molecular formula is C21H13Br2NO3. The van der Waals surface area contributed by atoms with Crippen LogP contribution in [-0.4, -0.2) is 19.0 Å². The van der Waals surface area contributed by atoms with Gasteiger partial charge in [-0.3, -0.25) is 0 Å². The second-order valence-corrected chi connectivity index (χ2v) is 7.68. The molecule has 3 aromatic rings. The zero-order valence-corrected chi connectivity index (χ0v) is 17.4. The van der Waals surface area contributed by atoms with E-state index >= 15 is 0 Å². The van der Waals surface area contributed by atoms with Gasteiger partial charge in [0.2, 0.25) is 5.90 Å². The van der Waals surface area contributed by atoms with Crippen LogP contribution in [0.4, 0.5) is 0 Å². The van der Waals surface area contributed by atoms with Gasteiger partial charge < -0.3 is 9.47 Å². The Kier molecular flexibility index (Phi) is 4.85. The molecule has 0 saturated heterocycles. The van der Waals surface area contributed by atoms with Gasteiger partial charge in [-0.2, -0.15) is 0 Å². The van der Waals surface area contributed by atoms with Crippen LogP contribution in [0.2, 0.25) is 0 Å². The van der Waals surface area contributed by atoms with Crippen LogP contribution in [0, 0.1) is 0 Å². The van der Waals surface area contributed by atoms with Crippen LogP contribution in [0.25, 0.3) is 16.8 Å². The molecule has 134 valence electrons. The maximum atomic E-state index is 12.3. The van der Waals surface area contributed by atoms with Crippen molar-refractivity contribution in [3.63, 3.8) is 0 Å². The van der Waals surface area contributed by atoms with Crippen LogP contribution >= 0.6 is 31.9 Å². The highest BCUT2D eigenvalue weighted by Gasteiger charge is 2.25. The molecule has 1 heterocycles. The van der Waals surface area contributed by atoms with Gasteiger partial charge in [0.15, 0.2) is 5.70 Å². The first-order valence-corrected chi connectivity index (χ1v) is 9.68. The first-order chi connectivity index (χ1) is 13.0. The molecule has 0 fully saturated rings. The molecule has 3 aromatic carbocycles. The SMILES string of the molecule is COc1c(Br)cc(Br)cc1C=C1N=C(c2ccc3ccccc3c2)OC1=O. The molecule has 1 aliphatic rings. The lowest BCUT2D eigenvalue weighted by atomic mass is 10.1. The summed E-state index contributed by atoms with van der Waals surface area (Å²) >= 11 is 6.90. The molecule has 0 aromatic heterocycles. The highest BCUT2D eigenvalue weighted by atomic mass is 79.9. The summed E-state index contributed by atoms with van der Waals surface area (Å²) in [7, 11) is 1.58. The van der Waals surface area contributed by atoms with E-state index < -0.39 is 5.97 Å². The Hall–Kier alpha value is -2.44. The van der Waals surface area contributed by atoms with Crippen molar-refractivity contribution in [2.24, 2.45) is 4.99 Å². The quantitative estimate of drug-likeness (QED) is 0.351. The van der Waals surface area contributed by atoms with Crippen molar-refractivity contribution in [1.29, 1.82) is 0 Å². The van der Waals surface area contributed by atoms with Crippen molar-refractivity contribution in [3.05, 3.63) is 80.4 Å². The predicted octanol–water partition coefficient (Wildman–Crippen LogP) is 5.72. The van der Waals surface area contributed by atoms with Crippen molar-refractivity contribution in [3.8, 4) is 5.75 Å². The number of hydrogen-bond donors (Lipinski definition) is 0. The van der Waals surface area contributed by atoms with E-state index in [0.717, 1.165) is 25.3 Å². The number of esters is 1. The van der Waals surface area contributed by atoms with E-state index in [4.69, 9.17) is 9.47 Å². The molecule has 4 rings (SSSR count). The minimum absolute atomic E-state index is 0.224. The zero-order valence-electron chi connectivity index (χ0n) is 14.2. The molecule has 0 N–H and O–H groups in total. The Labute approximate surface area is 172 Å². The molecule has 0 amide bonds. The lowest BCUT2D eigenvalue weighted by Gasteiger charge is -2.08. The number of rotatable bonds is 3. The van der Waals surface area contributed by atoms with Crippen LogP contribution in [0.15, 0.2) is 74.2 Å². The Morgan fingerprint density at radius 3 is 2.59 bits per heavy atom. The fourth-order valence-electron chi connectivity index (χ4n) is 2.91. The lowest BCUT2D eigenvalue weighted by molar-refractivity contribution is -0.129. The topological polar surface area (TPSA) is 47.9 Å². The summed E-state index contributed by atoms with van der Waals surface area (Å²) in [4.78, 5) is 16.7. The molecule has 4 nitrogen and oxygen atoms in total. The van der Waals surface area contributed by atoms with E-state index in [-0.39, 0.29) is 5.70 Å². The average molecular weight is 487 g/mol. The van der Waals surface area contributed by atoms with Crippen molar-refractivity contribution >= 4 is 60.6 Å². The molecule has 0 unspecified atom stereocenters. The monoisotopic (exact) mass is 485 g/mol. The van der Waals surface area contributed by atoms with E-state index in [0.29, 0.717) is 17.2 Å². The third-order valence-electron chi connectivity index (χ3n) is 4.15. The number of cyclic esters (lactones) is 1. The lowest BCUT2D eigenvalue weighted by Crippen LogP contribution is -2.05. The first kappa shape index (κ1) is 17.9. The largest absolute Gasteiger partial charge is 0.495 e. The van der Waals surface area contributed by atoms with Gasteiger partial charge in [-0.15, -0.1) is 0 Å². The predicted molar refractivity (Wildman–Crippen MR) is 113 cm³/mol. The number of nitrogens with zero attached hydrogens (tertiary/aromatic N) is 1. The number of methoxy groups -OCH3 is 1. The maximum Gasteiger partial charge on any atom is 0.363 e. The fraction of sp³-hybridized carbons (Fsp3) is 0.0476. The molecule has 0 bridgehead atoms. The molecule has 0 radical (unpaired) electrons. The Morgan fingerprint density at radius 1 is 1.04 bits per heavy atom. The van der Waals surface area contributed by atoms with Crippen LogP contribution in [0.1, 0.15) is 11.1 Å². The third-order valence-corrected chi connectivity index (χ3v) is 5.20. The summed E-state index contributed by atoms with van der Waals surface area (Å²) in [6.07, 6.45) is 1.66. The zero-order chi connectivity index (χ0) is 19.0. The summed E-state index contributed by atoms with van der Waals surface area (Å²) in [6, 6.07) is 17.6. The van der Waals surface area contributed by atoms with E-state index in [1.54, 1.807) is 13.2 Å². The van der Waals surface area contributed by atoms with Gasteiger partial charge in [0.1, 0.15) is 5.75 Å². The molecule has 0 saturated carbocycles. The van der Waals surface area contributed by atoms with Crippen LogP contribution in [0.3, 0.4) is 0 Å². The smallest absolute Gasteiger partial charge is 0.363 e. The van der Waals surface area contributed by atoms with Crippen LogP contribution < -0.4 is 4.74 Å². The average Bonchev–Trinajstić information content (AvgIpc) is 3.01. The van der Waals surface area contributed by atoms with Crippen LogP contribution in [-0.2, 0) is 9.53 Å². The standard InChI is InChI=1S/C21H13Br2NO3/c1-26-19-15(9-16(22)11-17(19)23)10-18-21(25)27-20(24-18)14-7-6-12-4-2-3-5-13(12)8-14/h2-11H,1H3. The van der Waals surface area contributed by atoms with Gasteiger partial charge in [0.05, 0.1) is 11.6 Å². The minimum atomic E-state index is -0.490. The van der Waals surface area contributed by atoms with Crippen molar-refractivity contribution in [1.82, 2.24) is 0 Å². The van der Waals surface area contributed by atoms with Gasteiger partial charge >= 0.3 is 5.97 Å². The number of hydrogen-bond acceptors (Lipinski definition) is 4. The summed E-state index contributed by atoms with van der Waals surface area (Å²) in [5, 5.41) is 2.18. The highest BCUT2D eigenvalue weighted by molar-refractivity contribution is 9.11. The van der Waals surface area contributed by atoms with Crippen molar-refractivity contribution < 1.29 is 14.3 Å². The van der Waals surface area contributed by atoms with E-state index in [9.17, 15) is 4.79 Å². The number of fused-ring (bicyclic) bond motifs is 1. The molecule has 0 spiro atoms. The van der Waals surface area contributed by atoms with Crippen molar-refractivity contribution in [2.75, 3.05) is 7.11 Å². The number of halogens is 2. The third kappa shape index (κ3) is 3.55. The fourth-order valence-corrected chi connectivity index (χ4v) is 4.33. The Morgan fingerprint density at radius 2 is 1.81 bits per heavy atom. The summed E-state index contributed by atoms with van der Waals surface area (Å²) in [5.74, 6) is 0.425. The summed E-state index contributed by atoms with van der Waals surface area (Å²) in [5.41, 5.74) is 1.70. The second kappa shape index (κ2) is 7.29. The summed E-state index contributed by atoms with van der Waals surface area (Å²) in [6.45, 7) is 0.